The Morgan fingerprint density at radius 1 is 1.50 bits per heavy atom. The molecular weight excluding hydrogens is 363 g/mol. The van der Waals surface area contributed by atoms with Crippen LogP contribution in [-0.2, 0) is 13.5 Å². The minimum Gasteiger partial charge on any atom is -0.388 e. The molecule has 18 heavy (non-hydrogen) atoms. The van der Waals surface area contributed by atoms with Crippen LogP contribution in [0.4, 0.5) is 0 Å². The molecule has 1 N–H and O–H groups in total. The third-order valence-electron chi connectivity index (χ3n) is 2.78. The molecule has 1 heterocycles. The molecule has 0 radical (unpaired) electrons. The zero-order chi connectivity index (χ0) is 13.1. The molecule has 2 rings (SSSR count). The fourth-order valence-corrected chi connectivity index (χ4v) is 2.71. The maximum Gasteiger partial charge on any atom is 0.0804 e. The van der Waals surface area contributed by atoms with E-state index in [0.29, 0.717) is 11.4 Å². The van der Waals surface area contributed by atoms with Gasteiger partial charge in [0.2, 0.25) is 0 Å². The lowest BCUT2D eigenvalue weighted by molar-refractivity contribution is 0.167. The van der Waals surface area contributed by atoms with Gasteiger partial charge in [0.25, 0.3) is 0 Å². The van der Waals surface area contributed by atoms with E-state index < -0.39 is 6.10 Å². The molecule has 0 amide bonds. The van der Waals surface area contributed by atoms with Gasteiger partial charge in [0.15, 0.2) is 0 Å². The zero-order valence-corrected chi connectivity index (χ0v) is 12.9. The van der Waals surface area contributed by atoms with Crippen molar-refractivity contribution >= 4 is 34.2 Å². The molecule has 0 aliphatic heterocycles. The molecule has 0 bridgehead atoms. The van der Waals surface area contributed by atoms with Gasteiger partial charge in [-0.3, -0.25) is 4.68 Å². The van der Waals surface area contributed by atoms with Gasteiger partial charge in [0.05, 0.1) is 12.3 Å². The first-order chi connectivity index (χ1) is 8.56. The lowest BCUT2D eigenvalue weighted by atomic mass is 10.0. The SMILES string of the molecule is Cn1cc(CCC(O)c2cc(Cl)ccc2I)cn1. The number of aryl methyl sites for hydroxylation is 2. The molecule has 0 fully saturated rings. The number of aromatic nitrogens is 2. The van der Waals surface area contributed by atoms with E-state index in [9.17, 15) is 5.11 Å². The van der Waals surface area contributed by atoms with Crippen LogP contribution in [0.15, 0.2) is 30.6 Å². The number of hydrogen-bond donors (Lipinski definition) is 1. The van der Waals surface area contributed by atoms with E-state index in [-0.39, 0.29) is 0 Å². The fourth-order valence-electron chi connectivity index (χ4n) is 1.83. The molecule has 0 aliphatic carbocycles. The smallest absolute Gasteiger partial charge is 0.0804 e. The van der Waals surface area contributed by atoms with Crippen molar-refractivity contribution in [3.8, 4) is 0 Å². The molecule has 0 saturated heterocycles. The monoisotopic (exact) mass is 376 g/mol. The number of benzene rings is 1. The standard InChI is InChI=1S/C13H14ClIN2O/c1-17-8-9(7-16-17)2-5-13(18)11-6-10(14)3-4-12(11)15/h3-4,6-8,13,18H,2,5H2,1H3. The van der Waals surface area contributed by atoms with Crippen molar-refractivity contribution in [2.24, 2.45) is 7.05 Å². The lowest BCUT2D eigenvalue weighted by Gasteiger charge is -2.12. The number of rotatable bonds is 4. The molecule has 5 heteroatoms. The maximum atomic E-state index is 10.2. The van der Waals surface area contributed by atoms with Crippen LogP contribution in [0.3, 0.4) is 0 Å². The Bertz CT molecular complexity index is 542. The van der Waals surface area contributed by atoms with Gasteiger partial charge in [-0.05, 0) is 64.8 Å². The van der Waals surface area contributed by atoms with Crippen LogP contribution in [0.1, 0.15) is 23.7 Å². The van der Waals surface area contributed by atoms with Crippen molar-refractivity contribution in [1.82, 2.24) is 9.78 Å². The summed E-state index contributed by atoms with van der Waals surface area (Å²) in [6.45, 7) is 0. The first-order valence-electron chi connectivity index (χ1n) is 5.67. The van der Waals surface area contributed by atoms with Crippen molar-refractivity contribution in [2.45, 2.75) is 18.9 Å². The summed E-state index contributed by atoms with van der Waals surface area (Å²) in [4.78, 5) is 0. The Hall–Kier alpha value is -0.590. The van der Waals surface area contributed by atoms with Crippen LogP contribution in [0, 0.1) is 3.57 Å². The predicted octanol–water partition coefficient (Wildman–Crippen LogP) is 3.34. The normalized spacial score (nSPS) is 12.7. The molecule has 96 valence electrons. The minimum absolute atomic E-state index is 0.490. The molecular formula is C13H14ClIN2O. The van der Waals surface area contributed by atoms with Gasteiger partial charge in [-0.25, -0.2) is 0 Å². The van der Waals surface area contributed by atoms with E-state index in [1.54, 1.807) is 4.68 Å². The first kappa shape index (κ1) is 13.8. The van der Waals surface area contributed by atoms with Gasteiger partial charge in [0, 0.05) is 21.8 Å². The van der Waals surface area contributed by atoms with E-state index in [0.717, 1.165) is 21.1 Å². The van der Waals surface area contributed by atoms with E-state index in [4.69, 9.17) is 11.6 Å². The predicted molar refractivity (Wildman–Crippen MR) is 80.7 cm³/mol. The summed E-state index contributed by atoms with van der Waals surface area (Å²) in [7, 11) is 1.89. The van der Waals surface area contributed by atoms with E-state index in [2.05, 4.69) is 27.7 Å². The number of halogens is 2. The molecule has 0 saturated carbocycles. The minimum atomic E-state index is -0.490. The summed E-state index contributed by atoms with van der Waals surface area (Å²) in [5.41, 5.74) is 2.03. The van der Waals surface area contributed by atoms with Crippen LogP contribution in [0.2, 0.25) is 5.02 Å². The molecule has 0 aliphatic rings. The summed E-state index contributed by atoms with van der Waals surface area (Å²) in [5, 5.41) is 15.0. The van der Waals surface area contributed by atoms with Gasteiger partial charge < -0.3 is 5.11 Å². The van der Waals surface area contributed by atoms with Gasteiger partial charge >= 0.3 is 0 Å². The fraction of sp³-hybridized carbons (Fsp3) is 0.308. The highest BCUT2D eigenvalue weighted by atomic mass is 127. The molecule has 1 aromatic carbocycles. The molecule has 2 aromatic rings. The molecule has 1 unspecified atom stereocenters. The van der Waals surface area contributed by atoms with Crippen molar-refractivity contribution in [1.29, 1.82) is 0 Å². The molecule has 1 aromatic heterocycles. The second-order valence-corrected chi connectivity index (χ2v) is 5.84. The summed E-state index contributed by atoms with van der Waals surface area (Å²) in [5.74, 6) is 0. The summed E-state index contributed by atoms with van der Waals surface area (Å²) in [6.07, 6.45) is 4.78. The van der Waals surface area contributed by atoms with Gasteiger partial charge in [0.1, 0.15) is 0 Å². The maximum absolute atomic E-state index is 10.2. The molecule has 0 spiro atoms. The average molecular weight is 377 g/mol. The van der Waals surface area contributed by atoms with Crippen molar-refractivity contribution < 1.29 is 5.11 Å². The molecule has 1 atom stereocenters. The van der Waals surface area contributed by atoms with Crippen LogP contribution in [0.5, 0.6) is 0 Å². The highest BCUT2D eigenvalue weighted by Gasteiger charge is 2.12. The average Bonchev–Trinajstić information content (AvgIpc) is 2.75. The van der Waals surface area contributed by atoms with Crippen molar-refractivity contribution in [3.63, 3.8) is 0 Å². The highest BCUT2D eigenvalue weighted by Crippen LogP contribution is 2.26. The number of hydrogen-bond acceptors (Lipinski definition) is 2. The van der Waals surface area contributed by atoms with Crippen LogP contribution >= 0.6 is 34.2 Å². The first-order valence-corrected chi connectivity index (χ1v) is 7.12. The lowest BCUT2D eigenvalue weighted by Crippen LogP contribution is -2.01. The number of nitrogens with zero attached hydrogens (tertiary/aromatic N) is 2. The van der Waals surface area contributed by atoms with Gasteiger partial charge in [-0.1, -0.05) is 11.6 Å². The van der Waals surface area contributed by atoms with Crippen molar-refractivity contribution in [3.05, 3.63) is 50.3 Å². The Morgan fingerprint density at radius 2 is 2.28 bits per heavy atom. The second kappa shape index (κ2) is 6.04. The van der Waals surface area contributed by atoms with Crippen molar-refractivity contribution in [2.75, 3.05) is 0 Å². The van der Waals surface area contributed by atoms with Crippen LogP contribution in [-0.4, -0.2) is 14.9 Å². The largest absolute Gasteiger partial charge is 0.388 e. The third-order valence-corrected chi connectivity index (χ3v) is 4.00. The Morgan fingerprint density at radius 3 is 2.94 bits per heavy atom. The quantitative estimate of drug-likeness (QED) is 0.831. The highest BCUT2D eigenvalue weighted by molar-refractivity contribution is 14.1. The van der Waals surface area contributed by atoms with Crippen LogP contribution < -0.4 is 0 Å². The summed E-state index contributed by atoms with van der Waals surface area (Å²) >= 11 is 8.17. The number of aliphatic hydroxyl groups is 1. The number of aliphatic hydroxyl groups excluding tert-OH is 1. The second-order valence-electron chi connectivity index (χ2n) is 4.24. The van der Waals surface area contributed by atoms with Gasteiger partial charge in [-0.15, -0.1) is 0 Å². The van der Waals surface area contributed by atoms with Gasteiger partial charge in [-0.2, -0.15) is 5.10 Å². The van der Waals surface area contributed by atoms with E-state index in [1.807, 2.05) is 37.6 Å². The zero-order valence-electron chi connectivity index (χ0n) is 9.98. The summed E-state index contributed by atoms with van der Waals surface area (Å²) in [6, 6.07) is 5.59. The topological polar surface area (TPSA) is 38.0 Å². The van der Waals surface area contributed by atoms with E-state index >= 15 is 0 Å². The Kier molecular flexibility index (Phi) is 4.64. The Labute approximate surface area is 125 Å². The van der Waals surface area contributed by atoms with Crippen LogP contribution in [0.25, 0.3) is 0 Å². The summed E-state index contributed by atoms with van der Waals surface area (Å²) < 4.78 is 2.81. The third kappa shape index (κ3) is 3.46. The molecule has 3 nitrogen and oxygen atoms in total. The Balaban J connectivity index is 2.03. The van der Waals surface area contributed by atoms with E-state index in [1.165, 1.54) is 0 Å².